The predicted molar refractivity (Wildman–Crippen MR) is 103 cm³/mol. The van der Waals surface area contributed by atoms with Gasteiger partial charge in [-0.15, -0.1) is 0 Å². The van der Waals surface area contributed by atoms with E-state index in [2.05, 4.69) is 25.5 Å². The second-order valence-corrected chi connectivity index (χ2v) is 9.09. The minimum absolute atomic E-state index is 0.0683. The minimum atomic E-state index is -3.93. The van der Waals surface area contributed by atoms with Crippen molar-refractivity contribution < 1.29 is 13.2 Å². The van der Waals surface area contributed by atoms with Crippen molar-refractivity contribution in [3.05, 3.63) is 65.9 Å². The fourth-order valence-electron chi connectivity index (χ4n) is 2.78. The number of hydrogen-bond acceptors (Lipinski definition) is 3. The van der Waals surface area contributed by atoms with E-state index in [9.17, 15) is 13.2 Å². The number of rotatable bonds is 3. The molecule has 0 radical (unpaired) electrons. The molecule has 136 valence electrons. The van der Waals surface area contributed by atoms with Crippen molar-refractivity contribution in [2.24, 2.45) is 7.05 Å². The van der Waals surface area contributed by atoms with Crippen LogP contribution in [0.4, 0.5) is 0 Å². The fourth-order valence-corrected chi connectivity index (χ4v) is 3.75. The molecule has 0 saturated carbocycles. The summed E-state index contributed by atoms with van der Waals surface area (Å²) < 4.78 is 29.1. The van der Waals surface area contributed by atoms with Gasteiger partial charge < -0.3 is 4.57 Å². The smallest absolute Gasteiger partial charge is 0.265 e. The van der Waals surface area contributed by atoms with Crippen LogP contribution < -0.4 is 4.72 Å². The molecule has 26 heavy (non-hydrogen) atoms. The first-order valence-corrected chi connectivity index (χ1v) is 9.79. The van der Waals surface area contributed by atoms with Crippen LogP contribution in [0.5, 0.6) is 0 Å². The van der Waals surface area contributed by atoms with Gasteiger partial charge in [0.1, 0.15) is 0 Å². The van der Waals surface area contributed by atoms with Crippen LogP contribution in [-0.2, 0) is 22.5 Å². The molecule has 0 aliphatic carbocycles. The molecule has 0 atom stereocenters. The van der Waals surface area contributed by atoms with Crippen LogP contribution in [0.15, 0.2) is 59.6 Å². The summed E-state index contributed by atoms with van der Waals surface area (Å²) in [6.45, 7) is 6.16. The average molecular weight is 370 g/mol. The molecule has 0 saturated heterocycles. The van der Waals surface area contributed by atoms with Crippen molar-refractivity contribution in [3.8, 4) is 0 Å². The Bertz CT molecular complexity index is 1070. The van der Waals surface area contributed by atoms with E-state index < -0.39 is 15.9 Å². The highest BCUT2D eigenvalue weighted by molar-refractivity contribution is 7.90. The second kappa shape index (κ2) is 6.29. The maximum Gasteiger partial charge on any atom is 0.265 e. The van der Waals surface area contributed by atoms with Crippen LogP contribution in [0, 0.1) is 0 Å². The van der Waals surface area contributed by atoms with Gasteiger partial charge in [0.15, 0.2) is 0 Å². The summed E-state index contributed by atoms with van der Waals surface area (Å²) in [4.78, 5) is 12.5. The molecule has 0 unspecified atom stereocenters. The van der Waals surface area contributed by atoms with Gasteiger partial charge in [-0.1, -0.05) is 39.0 Å². The number of nitrogens with one attached hydrogen (secondary N) is 1. The van der Waals surface area contributed by atoms with E-state index in [0.717, 1.165) is 16.5 Å². The van der Waals surface area contributed by atoms with Crippen LogP contribution in [0.2, 0.25) is 0 Å². The van der Waals surface area contributed by atoms with Gasteiger partial charge in [-0.3, -0.25) is 4.79 Å². The fraction of sp³-hybridized carbons (Fsp3) is 0.250. The largest absolute Gasteiger partial charge is 0.351 e. The number of benzene rings is 2. The second-order valence-electron chi connectivity index (χ2n) is 7.41. The monoisotopic (exact) mass is 370 g/mol. The minimum Gasteiger partial charge on any atom is -0.351 e. The van der Waals surface area contributed by atoms with Crippen LogP contribution in [-0.4, -0.2) is 18.9 Å². The first-order valence-electron chi connectivity index (χ1n) is 8.31. The molecule has 1 N–H and O–H groups in total. The van der Waals surface area contributed by atoms with Gasteiger partial charge in [-0.05, 0) is 46.7 Å². The molecule has 1 aromatic heterocycles. The molecular weight excluding hydrogens is 348 g/mol. The number of carbonyl (C=O) groups excluding carboxylic acids is 1. The summed E-state index contributed by atoms with van der Waals surface area (Å²) >= 11 is 0. The van der Waals surface area contributed by atoms with Crippen molar-refractivity contribution in [1.82, 2.24) is 9.29 Å². The van der Waals surface area contributed by atoms with E-state index >= 15 is 0 Å². The van der Waals surface area contributed by atoms with Gasteiger partial charge in [0, 0.05) is 24.3 Å². The number of hydrogen-bond donors (Lipinski definition) is 1. The Morgan fingerprint density at radius 1 is 1.00 bits per heavy atom. The zero-order chi connectivity index (χ0) is 19.1. The highest BCUT2D eigenvalue weighted by atomic mass is 32.2. The van der Waals surface area contributed by atoms with Crippen LogP contribution >= 0.6 is 0 Å². The van der Waals surface area contributed by atoms with E-state index in [4.69, 9.17) is 0 Å². The number of nitrogens with zero attached hydrogens (tertiary/aromatic N) is 1. The predicted octanol–water partition coefficient (Wildman–Crippen LogP) is 3.59. The van der Waals surface area contributed by atoms with E-state index in [1.165, 1.54) is 12.1 Å². The van der Waals surface area contributed by atoms with Crippen molar-refractivity contribution in [3.63, 3.8) is 0 Å². The van der Waals surface area contributed by atoms with Crippen molar-refractivity contribution in [1.29, 1.82) is 0 Å². The molecule has 5 nitrogen and oxygen atoms in total. The topological polar surface area (TPSA) is 68.2 Å². The third kappa shape index (κ3) is 3.51. The zero-order valence-electron chi connectivity index (χ0n) is 15.3. The Labute approximate surface area is 153 Å². The highest BCUT2D eigenvalue weighted by Gasteiger charge is 2.20. The van der Waals surface area contributed by atoms with E-state index in [-0.39, 0.29) is 10.3 Å². The van der Waals surface area contributed by atoms with Crippen molar-refractivity contribution >= 4 is 26.8 Å². The van der Waals surface area contributed by atoms with Crippen molar-refractivity contribution in [2.45, 2.75) is 31.1 Å². The summed E-state index contributed by atoms with van der Waals surface area (Å²) in [5.41, 5.74) is 2.12. The summed E-state index contributed by atoms with van der Waals surface area (Å²) in [5.74, 6) is -0.645. The maximum absolute atomic E-state index is 12.5. The quantitative estimate of drug-likeness (QED) is 0.766. The van der Waals surface area contributed by atoms with E-state index in [1.54, 1.807) is 30.3 Å². The van der Waals surface area contributed by atoms with Gasteiger partial charge in [0.05, 0.1) is 4.90 Å². The van der Waals surface area contributed by atoms with Gasteiger partial charge in [0.25, 0.3) is 15.9 Å². The third-order valence-electron chi connectivity index (χ3n) is 4.41. The molecule has 0 spiro atoms. The van der Waals surface area contributed by atoms with Crippen LogP contribution in [0.1, 0.15) is 36.7 Å². The molecule has 3 rings (SSSR count). The average Bonchev–Trinajstić information content (AvgIpc) is 2.94. The summed E-state index contributed by atoms with van der Waals surface area (Å²) in [6.07, 6.45) is 1.89. The molecule has 2 aromatic carbocycles. The first-order chi connectivity index (χ1) is 12.1. The van der Waals surface area contributed by atoms with E-state index in [1.807, 2.05) is 23.9 Å². The Balaban J connectivity index is 1.85. The molecule has 0 bridgehead atoms. The number of carbonyl (C=O) groups is 1. The molecule has 0 aliphatic heterocycles. The summed E-state index contributed by atoms with van der Waals surface area (Å²) in [7, 11) is -2.05. The molecule has 0 aliphatic rings. The van der Waals surface area contributed by atoms with E-state index in [0.29, 0.717) is 5.56 Å². The Morgan fingerprint density at radius 3 is 2.27 bits per heavy atom. The number of sulfonamides is 1. The van der Waals surface area contributed by atoms with Gasteiger partial charge in [-0.2, -0.15) is 0 Å². The molecule has 1 heterocycles. The lowest BCUT2D eigenvalue weighted by atomic mass is 9.87. The number of aromatic nitrogens is 1. The lowest BCUT2D eigenvalue weighted by molar-refractivity contribution is 0.0981. The van der Waals surface area contributed by atoms with Crippen LogP contribution in [0.3, 0.4) is 0 Å². The maximum atomic E-state index is 12.5. The zero-order valence-corrected chi connectivity index (χ0v) is 16.1. The Morgan fingerprint density at radius 2 is 1.65 bits per heavy atom. The normalized spacial score (nSPS) is 12.3. The van der Waals surface area contributed by atoms with Crippen LogP contribution in [0.25, 0.3) is 10.9 Å². The highest BCUT2D eigenvalue weighted by Crippen LogP contribution is 2.23. The van der Waals surface area contributed by atoms with Gasteiger partial charge in [0.2, 0.25) is 0 Å². The molecule has 6 heteroatoms. The summed E-state index contributed by atoms with van der Waals surface area (Å²) in [5, 5.41) is 0.990. The number of fused-ring (bicyclic) bond motifs is 1. The molecular formula is C20H22N2O3S. The van der Waals surface area contributed by atoms with Crippen molar-refractivity contribution in [2.75, 3.05) is 0 Å². The Hall–Kier alpha value is -2.60. The SMILES string of the molecule is Cn1ccc2ccc(C(=O)NS(=O)(=O)c3ccc(C(C)(C)C)cc3)cc21. The number of amides is 1. The lowest BCUT2D eigenvalue weighted by Gasteiger charge is -2.19. The Kier molecular flexibility index (Phi) is 4.40. The first kappa shape index (κ1) is 18.2. The molecule has 1 amide bonds. The third-order valence-corrected chi connectivity index (χ3v) is 5.75. The number of aryl methyl sites for hydroxylation is 1. The standard InChI is InChI=1S/C20H22N2O3S/c1-20(2,3)16-7-9-17(10-8-16)26(24,25)21-19(23)15-6-5-14-11-12-22(4)18(14)13-15/h5-13H,1-4H3,(H,21,23). The summed E-state index contributed by atoms with van der Waals surface area (Å²) in [6, 6.07) is 13.6. The molecule has 0 fully saturated rings. The van der Waals surface area contributed by atoms with Gasteiger partial charge in [-0.25, -0.2) is 13.1 Å². The van der Waals surface area contributed by atoms with Gasteiger partial charge >= 0.3 is 0 Å². The molecule has 3 aromatic rings. The lowest BCUT2D eigenvalue weighted by Crippen LogP contribution is -2.30.